The predicted octanol–water partition coefficient (Wildman–Crippen LogP) is 2.18. The van der Waals surface area contributed by atoms with E-state index in [9.17, 15) is 0 Å². The van der Waals surface area contributed by atoms with Crippen LogP contribution < -0.4 is 15.4 Å². The van der Waals surface area contributed by atoms with Crippen LogP contribution in [0.25, 0.3) is 0 Å². The minimum absolute atomic E-state index is 0.308. The summed E-state index contributed by atoms with van der Waals surface area (Å²) in [5.74, 6) is 1.62. The molecule has 0 atom stereocenters. The summed E-state index contributed by atoms with van der Waals surface area (Å²) in [5.41, 5.74) is 0. The molecular weight excluding hydrogens is 270 g/mol. The van der Waals surface area contributed by atoms with E-state index in [0.29, 0.717) is 23.8 Å². The van der Waals surface area contributed by atoms with Crippen LogP contribution in [0.2, 0.25) is 0 Å². The molecule has 1 heterocycles. The van der Waals surface area contributed by atoms with Crippen LogP contribution in [0, 0.1) is 5.92 Å². The first-order chi connectivity index (χ1) is 10.2. The van der Waals surface area contributed by atoms with Crippen molar-refractivity contribution in [1.82, 2.24) is 15.0 Å². The second-order valence-electron chi connectivity index (χ2n) is 5.15. The Labute approximate surface area is 126 Å². The average molecular weight is 297 g/mol. The van der Waals surface area contributed by atoms with Crippen LogP contribution in [0.5, 0.6) is 6.01 Å². The summed E-state index contributed by atoms with van der Waals surface area (Å²) in [6, 6.07) is 0.308. The molecule has 0 aromatic carbocycles. The van der Waals surface area contributed by atoms with Gasteiger partial charge in [0.1, 0.15) is 0 Å². The highest BCUT2D eigenvalue weighted by atomic mass is 16.5. The zero-order chi connectivity index (χ0) is 15.5. The van der Waals surface area contributed by atoms with Crippen molar-refractivity contribution in [2.75, 3.05) is 44.0 Å². The molecule has 0 aliphatic rings. The fraction of sp³-hybridized carbons (Fsp3) is 0.786. The molecule has 0 aliphatic heterocycles. The van der Waals surface area contributed by atoms with Gasteiger partial charge >= 0.3 is 6.01 Å². The Kier molecular flexibility index (Phi) is 8.42. The summed E-state index contributed by atoms with van der Waals surface area (Å²) < 4.78 is 10.6. The first-order valence-electron chi connectivity index (χ1n) is 7.51. The number of aromatic nitrogens is 3. The minimum atomic E-state index is 0.308. The van der Waals surface area contributed by atoms with Gasteiger partial charge in [0.05, 0.1) is 7.11 Å². The lowest BCUT2D eigenvalue weighted by Crippen LogP contribution is -2.13. The van der Waals surface area contributed by atoms with E-state index in [4.69, 9.17) is 9.47 Å². The topological polar surface area (TPSA) is 81.2 Å². The number of anilines is 2. The van der Waals surface area contributed by atoms with Gasteiger partial charge in [-0.1, -0.05) is 20.8 Å². The fourth-order valence-electron chi connectivity index (χ4n) is 1.54. The zero-order valence-corrected chi connectivity index (χ0v) is 13.5. The standard InChI is InChI=1S/C14H27N5O2/c1-5-7-15-12-17-13(19-14(18-12)20-4)16-8-6-9-21-10-11(2)3/h11H,5-10H2,1-4H3,(H2,15,16,17,18,19). The number of ether oxygens (including phenoxy) is 2. The molecule has 1 aromatic rings. The lowest BCUT2D eigenvalue weighted by Gasteiger charge is -2.09. The summed E-state index contributed by atoms with van der Waals surface area (Å²) >= 11 is 0. The maximum Gasteiger partial charge on any atom is 0.322 e. The Morgan fingerprint density at radius 2 is 1.71 bits per heavy atom. The van der Waals surface area contributed by atoms with Gasteiger partial charge in [-0.15, -0.1) is 0 Å². The minimum Gasteiger partial charge on any atom is -0.467 e. The van der Waals surface area contributed by atoms with Gasteiger partial charge in [0.2, 0.25) is 11.9 Å². The lowest BCUT2D eigenvalue weighted by molar-refractivity contribution is 0.110. The van der Waals surface area contributed by atoms with E-state index in [2.05, 4.69) is 46.4 Å². The molecule has 120 valence electrons. The smallest absolute Gasteiger partial charge is 0.322 e. The molecule has 0 spiro atoms. The molecule has 0 aliphatic carbocycles. The highest BCUT2D eigenvalue weighted by Crippen LogP contribution is 2.10. The SMILES string of the molecule is CCCNc1nc(NCCCOCC(C)C)nc(OC)n1. The molecule has 0 radical (unpaired) electrons. The van der Waals surface area contributed by atoms with Crippen LogP contribution in [0.4, 0.5) is 11.9 Å². The molecule has 1 rings (SSSR count). The van der Waals surface area contributed by atoms with E-state index in [1.807, 2.05) is 0 Å². The largest absolute Gasteiger partial charge is 0.467 e. The molecule has 0 amide bonds. The first kappa shape index (κ1) is 17.4. The van der Waals surface area contributed by atoms with E-state index in [-0.39, 0.29) is 0 Å². The van der Waals surface area contributed by atoms with Crippen molar-refractivity contribution in [3.63, 3.8) is 0 Å². The highest BCUT2D eigenvalue weighted by Gasteiger charge is 2.05. The molecule has 21 heavy (non-hydrogen) atoms. The molecule has 0 saturated carbocycles. The summed E-state index contributed by atoms with van der Waals surface area (Å²) in [5, 5.41) is 6.29. The van der Waals surface area contributed by atoms with Crippen molar-refractivity contribution in [2.45, 2.75) is 33.6 Å². The third kappa shape index (κ3) is 7.65. The summed E-state index contributed by atoms with van der Waals surface area (Å²) in [6.07, 6.45) is 1.91. The molecule has 1 aromatic heterocycles. The average Bonchev–Trinajstić information content (AvgIpc) is 2.48. The van der Waals surface area contributed by atoms with E-state index >= 15 is 0 Å². The molecule has 0 fully saturated rings. The number of rotatable bonds is 11. The fourth-order valence-corrected chi connectivity index (χ4v) is 1.54. The van der Waals surface area contributed by atoms with Gasteiger partial charge in [0.25, 0.3) is 0 Å². The Bertz CT molecular complexity index is 401. The van der Waals surface area contributed by atoms with Gasteiger partial charge in [-0.05, 0) is 18.8 Å². The molecular formula is C14H27N5O2. The quantitative estimate of drug-likeness (QED) is 0.606. The summed E-state index contributed by atoms with van der Waals surface area (Å²) in [4.78, 5) is 12.6. The molecule has 0 bridgehead atoms. The van der Waals surface area contributed by atoms with Crippen molar-refractivity contribution in [2.24, 2.45) is 5.92 Å². The van der Waals surface area contributed by atoms with Gasteiger partial charge in [-0.3, -0.25) is 0 Å². The van der Waals surface area contributed by atoms with E-state index in [0.717, 1.165) is 39.1 Å². The maximum absolute atomic E-state index is 5.52. The van der Waals surface area contributed by atoms with Crippen LogP contribution in [0.15, 0.2) is 0 Å². The van der Waals surface area contributed by atoms with Crippen molar-refractivity contribution >= 4 is 11.9 Å². The van der Waals surface area contributed by atoms with Crippen molar-refractivity contribution in [1.29, 1.82) is 0 Å². The first-order valence-corrected chi connectivity index (χ1v) is 7.51. The lowest BCUT2D eigenvalue weighted by atomic mass is 10.2. The van der Waals surface area contributed by atoms with Gasteiger partial charge in [-0.2, -0.15) is 15.0 Å². The van der Waals surface area contributed by atoms with Gasteiger partial charge in [-0.25, -0.2) is 0 Å². The van der Waals surface area contributed by atoms with Crippen LogP contribution in [0.3, 0.4) is 0 Å². The highest BCUT2D eigenvalue weighted by molar-refractivity contribution is 5.35. The molecule has 0 unspecified atom stereocenters. The number of hydrogen-bond acceptors (Lipinski definition) is 7. The predicted molar refractivity (Wildman–Crippen MR) is 83.9 cm³/mol. The van der Waals surface area contributed by atoms with Crippen LogP contribution in [-0.4, -0.2) is 48.4 Å². The Morgan fingerprint density at radius 3 is 2.29 bits per heavy atom. The van der Waals surface area contributed by atoms with E-state index in [1.54, 1.807) is 7.11 Å². The third-order valence-electron chi connectivity index (χ3n) is 2.53. The third-order valence-corrected chi connectivity index (χ3v) is 2.53. The number of nitrogens with zero attached hydrogens (tertiary/aromatic N) is 3. The van der Waals surface area contributed by atoms with Gasteiger partial charge < -0.3 is 20.1 Å². The summed E-state index contributed by atoms with van der Waals surface area (Å²) in [7, 11) is 1.54. The molecule has 0 saturated heterocycles. The second kappa shape index (κ2) is 10.1. The summed E-state index contributed by atoms with van der Waals surface area (Å²) in [6.45, 7) is 9.45. The zero-order valence-electron chi connectivity index (χ0n) is 13.5. The van der Waals surface area contributed by atoms with Crippen LogP contribution >= 0.6 is 0 Å². The number of nitrogens with one attached hydrogen (secondary N) is 2. The number of methoxy groups -OCH3 is 1. The monoisotopic (exact) mass is 297 g/mol. The molecule has 7 nitrogen and oxygen atoms in total. The van der Waals surface area contributed by atoms with Crippen molar-refractivity contribution < 1.29 is 9.47 Å². The van der Waals surface area contributed by atoms with Crippen molar-refractivity contribution in [3.8, 4) is 6.01 Å². The molecule has 7 heteroatoms. The van der Waals surface area contributed by atoms with Crippen molar-refractivity contribution in [3.05, 3.63) is 0 Å². The normalized spacial score (nSPS) is 10.7. The van der Waals surface area contributed by atoms with E-state index in [1.165, 1.54) is 0 Å². The van der Waals surface area contributed by atoms with Crippen LogP contribution in [-0.2, 0) is 4.74 Å². The molecule has 2 N–H and O–H groups in total. The Hall–Kier alpha value is -1.63. The Balaban J connectivity index is 2.39. The Morgan fingerprint density at radius 1 is 1.05 bits per heavy atom. The van der Waals surface area contributed by atoms with Gasteiger partial charge in [0.15, 0.2) is 0 Å². The van der Waals surface area contributed by atoms with E-state index < -0.39 is 0 Å². The maximum atomic E-state index is 5.52. The number of hydrogen-bond donors (Lipinski definition) is 2. The second-order valence-corrected chi connectivity index (χ2v) is 5.15. The van der Waals surface area contributed by atoms with Crippen LogP contribution in [0.1, 0.15) is 33.6 Å². The van der Waals surface area contributed by atoms with Gasteiger partial charge in [0, 0.05) is 26.3 Å².